The lowest BCUT2D eigenvalue weighted by atomic mass is 9.94. The van der Waals surface area contributed by atoms with Gasteiger partial charge in [-0.25, -0.2) is 4.68 Å². The summed E-state index contributed by atoms with van der Waals surface area (Å²) in [6.45, 7) is 5.52. The Morgan fingerprint density at radius 2 is 1.95 bits per heavy atom. The summed E-state index contributed by atoms with van der Waals surface area (Å²) in [5.74, 6) is -0.299. The summed E-state index contributed by atoms with van der Waals surface area (Å²) < 4.78 is 1.53. The van der Waals surface area contributed by atoms with E-state index in [1.807, 2.05) is 31.2 Å². The molecule has 0 unspecified atom stereocenters. The van der Waals surface area contributed by atoms with Crippen molar-refractivity contribution in [2.75, 3.05) is 0 Å². The Hall–Kier alpha value is -2.24. The molecule has 0 radical (unpaired) electrons. The third-order valence-corrected chi connectivity index (χ3v) is 2.97. The van der Waals surface area contributed by atoms with Gasteiger partial charge in [-0.15, -0.1) is 5.10 Å². The number of nitrogens with zero attached hydrogens (tertiary/aromatic N) is 4. The van der Waals surface area contributed by atoms with Crippen LogP contribution < -0.4 is 0 Å². The van der Waals surface area contributed by atoms with Crippen molar-refractivity contribution in [1.82, 2.24) is 20.2 Å². The number of rotatable bonds is 4. The van der Waals surface area contributed by atoms with Crippen molar-refractivity contribution in [2.24, 2.45) is 5.41 Å². The minimum Gasteiger partial charge on any atom is -0.481 e. The molecule has 0 saturated heterocycles. The van der Waals surface area contributed by atoms with Crippen LogP contribution in [0, 0.1) is 12.3 Å². The maximum Gasteiger partial charge on any atom is 0.310 e. The minimum atomic E-state index is -0.922. The normalized spacial score (nSPS) is 11.5. The highest BCUT2D eigenvalue weighted by atomic mass is 16.4. The van der Waals surface area contributed by atoms with E-state index in [1.54, 1.807) is 13.8 Å². The second-order valence-corrected chi connectivity index (χ2v) is 5.22. The number of benzene rings is 1. The van der Waals surface area contributed by atoms with E-state index in [4.69, 9.17) is 5.11 Å². The van der Waals surface area contributed by atoms with Gasteiger partial charge < -0.3 is 5.11 Å². The third kappa shape index (κ3) is 2.78. The molecule has 0 aliphatic carbocycles. The van der Waals surface area contributed by atoms with Gasteiger partial charge in [0, 0.05) is 5.56 Å². The molecule has 2 rings (SSSR count). The molecule has 0 bridgehead atoms. The molecule has 0 spiro atoms. The number of carboxylic acid groups (broad SMARTS) is 1. The van der Waals surface area contributed by atoms with Gasteiger partial charge >= 0.3 is 5.97 Å². The lowest BCUT2D eigenvalue weighted by molar-refractivity contribution is -0.147. The van der Waals surface area contributed by atoms with Gasteiger partial charge in [-0.3, -0.25) is 4.79 Å². The fourth-order valence-corrected chi connectivity index (χ4v) is 1.66. The van der Waals surface area contributed by atoms with Gasteiger partial charge in [-0.1, -0.05) is 29.8 Å². The number of aliphatic carboxylic acids is 1. The molecule has 0 aliphatic rings. The SMILES string of the molecule is Cc1ccc(-c2nnnn2CC(C)(C)C(=O)O)cc1. The lowest BCUT2D eigenvalue weighted by Gasteiger charge is -2.19. The summed E-state index contributed by atoms with van der Waals surface area (Å²) >= 11 is 0. The fourth-order valence-electron chi connectivity index (χ4n) is 1.66. The summed E-state index contributed by atoms with van der Waals surface area (Å²) in [7, 11) is 0. The highest BCUT2D eigenvalue weighted by Crippen LogP contribution is 2.22. The molecule has 1 aromatic carbocycles. The quantitative estimate of drug-likeness (QED) is 0.905. The number of tetrazole rings is 1. The average molecular weight is 260 g/mol. The van der Waals surface area contributed by atoms with Gasteiger partial charge in [0.25, 0.3) is 0 Å². The van der Waals surface area contributed by atoms with E-state index >= 15 is 0 Å². The Morgan fingerprint density at radius 1 is 1.32 bits per heavy atom. The Kier molecular flexibility index (Phi) is 3.33. The Bertz CT molecular complexity index is 587. The van der Waals surface area contributed by atoms with Gasteiger partial charge in [0.15, 0.2) is 5.82 Å². The highest BCUT2D eigenvalue weighted by Gasteiger charge is 2.29. The smallest absolute Gasteiger partial charge is 0.310 e. The topological polar surface area (TPSA) is 80.9 Å². The molecule has 0 saturated carbocycles. The Labute approximate surface area is 111 Å². The van der Waals surface area contributed by atoms with E-state index in [2.05, 4.69) is 15.5 Å². The standard InChI is InChI=1S/C13H16N4O2/c1-9-4-6-10(7-5-9)11-14-15-16-17(11)8-13(2,3)12(18)19/h4-7H,8H2,1-3H3,(H,18,19). The molecule has 100 valence electrons. The predicted molar refractivity (Wildman–Crippen MR) is 69.4 cm³/mol. The van der Waals surface area contributed by atoms with Crippen molar-refractivity contribution in [1.29, 1.82) is 0 Å². The third-order valence-electron chi connectivity index (χ3n) is 2.97. The van der Waals surface area contributed by atoms with Crippen molar-refractivity contribution < 1.29 is 9.90 Å². The minimum absolute atomic E-state index is 0.221. The zero-order valence-corrected chi connectivity index (χ0v) is 11.2. The first kappa shape index (κ1) is 13.2. The van der Waals surface area contributed by atoms with Crippen molar-refractivity contribution in [2.45, 2.75) is 27.3 Å². The van der Waals surface area contributed by atoms with E-state index in [-0.39, 0.29) is 6.54 Å². The fraction of sp³-hybridized carbons (Fsp3) is 0.385. The number of aromatic nitrogens is 4. The van der Waals surface area contributed by atoms with Crippen molar-refractivity contribution in [3.63, 3.8) is 0 Å². The number of aryl methyl sites for hydroxylation is 1. The van der Waals surface area contributed by atoms with Crippen LogP contribution in [0.5, 0.6) is 0 Å². The highest BCUT2D eigenvalue weighted by molar-refractivity contribution is 5.73. The van der Waals surface area contributed by atoms with Crippen molar-refractivity contribution >= 4 is 5.97 Å². The van der Waals surface area contributed by atoms with Gasteiger partial charge in [0.05, 0.1) is 12.0 Å². The van der Waals surface area contributed by atoms with Crippen LogP contribution in [0.15, 0.2) is 24.3 Å². The lowest BCUT2D eigenvalue weighted by Crippen LogP contribution is -2.30. The molecule has 6 nitrogen and oxygen atoms in total. The maximum absolute atomic E-state index is 11.2. The van der Waals surface area contributed by atoms with E-state index in [0.717, 1.165) is 11.1 Å². The number of carbonyl (C=O) groups is 1. The number of hydrogen-bond acceptors (Lipinski definition) is 4. The van der Waals surface area contributed by atoms with Gasteiger partial charge in [-0.2, -0.15) is 0 Å². The molecule has 0 atom stereocenters. The van der Waals surface area contributed by atoms with Crippen LogP contribution in [0.25, 0.3) is 11.4 Å². The first-order valence-electron chi connectivity index (χ1n) is 5.97. The molecular formula is C13H16N4O2. The van der Waals surface area contributed by atoms with Crippen LogP contribution in [-0.2, 0) is 11.3 Å². The van der Waals surface area contributed by atoms with Crippen LogP contribution in [0.3, 0.4) is 0 Å². The average Bonchev–Trinajstić information content (AvgIpc) is 2.77. The van der Waals surface area contributed by atoms with Crippen molar-refractivity contribution in [3.05, 3.63) is 29.8 Å². The molecule has 6 heteroatoms. The molecule has 1 heterocycles. The van der Waals surface area contributed by atoms with E-state index in [1.165, 1.54) is 4.68 Å². The monoisotopic (exact) mass is 260 g/mol. The summed E-state index contributed by atoms with van der Waals surface area (Å²) in [5.41, 5.74) is 1.10. The molecule has 1 N–H and O–H groups in total. The van der Waals surface area contributed by atoms with Crippen molar-refractivity contribution in [3.8, 4) is 11.4 Å². The van der Waals surface area contributed by atoms with E-state index < -0.39 is 11.4 Å². The summed E-state index contributed by atoms with van der Waals surface area (Å²) in [4.78, 5) is 11.2. The first-order chi connectivity index (χ1) is 8.90. The van der Waals surface area contributed by atoms with Gasteiger partial charge in [0.1, 0.15) is 0 Å². The van der Waals surface area contributed by atoms with Gasteiger partial charge in [-0.05, 0) is 31.2 Å². The number of carboxylic acids is 1. The Balaban J connectivity index is 2.33. The molecular weight excluding hydrogens is 244 g/mol. The summed E-state index contributed by atoms with van der Waals surface area (Å²) in [6.07, 6.45) is 0. The van der Waals surface area contributed by atoms with E-state index in [9.17, 15) is 4.79 Å². The summed E-state index contributed by atoms with van der Waals surface area (Å²) in [6, 6.07) is 7.78. The molecule has 19 heavy (non-hydrogen) atoms. The first-order valence-corrected chi connectivity index (χ1v) is 5.97. The zero-order chi connectivity index (χ0) is 14.0. The molecule has 2 aromatic rings. The van der Waals surface area contributed by atoms with Crippen LogP contribution in [-0.4, -0.2) is 31.3 Å². The number of hydrogen-bond donors (Lipinski definition) is 1. The molecule has 0 amide bonds. The van der Waals surface area contributed by atoms with Crippen LogP contribution in [0.1, 0.15) is 19.4 Å². The van der Waals surface area contributed by atoms with Gasteiger partial charge in [0.2, 0.25) is 0 Å². The maximum atomic E-state index is 11.2. The molecule has 0 fully saturated rings. The second-order valence-electron chi connectivity index (χ2n) is 5.22. The van der Waals surface area contributed by atoms with E-state index in [0.29, 0.717) is 5.82 Å². The zero-order valence-electron chi connectivity index (χ0n) is 11.2. The Morgan fingerprint density at radius 3 is 2.53 bits per heavy atom. The van der Waals surface area contributed by atoms with Crippen LogP contribution in [0.2, 0.25) is 0 Å². The second kappa shape index (κ2) is 4.79. The summed E-state index contributed by atoms with van der Waals surface area (Å²) in [5, 5.41) is 20.6. The predicted octanol–water partition coefficient (Wildman–Crippen LogP) is 1.76. The van der Waals surface area contributed by atoms with Crippen LogP contribution >= 0.6 is 0 Å². The molecule has 0 aliphatic heterocycles. The molecule has 1 aromatic heterocycles. The largest absolute Gasteiger partial charge is 0.481 e. The van der Waals surface area contributed by atoms with Crippen LogP contribution in [0.4, 0.5) is 0 Å².